The van der Waals surface area contributed by atoms with Crippen molar-refractivity contribution < 1.29 is 9.84 Å². The van der Waals surface area contributed by atoms with Gasteiger partial charge in [-0.1, -0.05) is 0 Å². The number of hydrogen-bond acceptors (Lipinski definition) is 5. The van der Waals surface area contributed by atoms with E-state index in [1.807, 2.05) is 13.1 Å². The van der Waals surface area contributed by atoms with Crippen molar-refractivity contribution in [1.82, 2.24) is 19.7 Å². The summed E-state index contributed by atoms with van der Waals surface area (Å²) < 4.78 is 7.62. The zero-order valence-electron chi connectivity index (χ0n) is 15.9. The highest BCUT2D eigenvalue weighted by Crippen LogP contribution is 2.40. The summed E-state index contributed by atoms with van der Waals surface area (Å²) >= 11 is 0. The fourth-order valence-corrected chi connectivity index (χ4v) is 3.93. The summed E-state index contributed by atoms with van der Waals surface area (Å²) in [6.45, 7) is 7.67. The van der Waals surface area contributed by atoms with Crippen LogP contribution in [-0.2, 0) is 19.6 Å². The fraction of sp³-hybridized carbons (Fsp3) is 0.600. The zero-order chi connectivity index (χ0) is 18.3. The number of rotatable bonds is 5. The Hall–Kier alpha value is -1.92. The first-order valence-corrected chi connectivity index (χ1v) is 9.53. The molecule has 2 aromatic rings. The number of hydrogen-bond donors (Lipinski definition) is 1. The molecule has 26 heavy (non-hydrogen) atoms. The Labute approximate surface area is 154 Å². The van der Waals surface area contributed by atoms with Crippen LogP contribution >= 0.6 is 0 Å². The van der Waals surface area contributed by atoms with Gasteiger partial charge in [0.2, 0.25) is 0 Å². The van der Waals surface area contributed by atoms with Gasteiger partial charge in [0.25, 0.3) is 0 Å². The highest BCUT2D eigenvalue weighted by molar-refractivity contribution is 5.41. The van der Waals surface area contributed by atoms with Crippen LogP contribution in [0.5, 0.6) is 5.75 Å². The van der Waals surface area contributed by atoms with Crippen LogP contribution in [0.25, 0.3) is 0 Å². The van der Waals surface area contributed by atoms with Gasteiger partial charge >= 0.3 is 0 Å². The summed E-state index contributed by atoms with van der Waals surface area (Å²) in [5.41, 5.74) is 5.29. The third-order valence-electron chi connectivity index (χ3n) is 5.61. The Bertz CT molecular complexity index is 797. The molecule has 1 atom stereocenters. The van der Waals surface area contributed by atoms with Crippen molar-refractivity contribution in [3.05, 3.63) is 40.5 Å². The molecule has 140 valence electrons. The number of aromatic nitrogens is 3. The van der Waals surface area contributed by atoms with E-state index in [1.54, 1.807) is 7.11 Å². The summed E-state index contributed by atoms with van der Waals surface area (Å²) in [5, 5.41) is 15.1. The predicted octanol–water partition coefficient (Wildman–Crippen LogP) is 2.75. The van der Waals surface area contributed by atoms with E-state index in [9.17, 15) is 5.11 Å². The lowest BCUT2D eigenvalue weighted by atomic mass is 10.1. The quantitative estimate of drug-likeness (QED) is 0.892. The molecule has 3 heterocycles. The molecule has 1 saturated carbocycles. The molecule has 0 amide bonds. The molecule has 1 aliphatic heterocycles. The molecule has 1 fully saturated rings. The van der Waals surface area contributed by atoms with Crippen molar-refractivity contribution in [3.63, 3.8) is 0 Å². The van der Waals surface area contributed by atoms with Gasteiger partial charge in [-0.05, 0) is 45.1 Å². The van der Waals surface area contributed by atoms with Gasteiger partial charge in [-0.15, -0.1) is 0 Å². The summed E-state index contributed by atoms with van der Waals surface area (Å²) in [6, 6.07) is 2.09. The van der Waals surface area contributed by atoms with Gasteiger partial charge in [-0.25, -0.2) is 0 Å². The van der Waals surface area contributed by atoms with Crippen LogP contribution < -0.4 is 4.74 Å². The Kier molecular flexibility index (Phi) is 4.71. The molecule has 4 rings (SSSR count). The number of fused-ring (bicyclic) bond motifs is 1. The molecule has 0 radical (unpaired) electrons. The summed E-state index contributed by atoms with van der Waals surface area (Å²) in [6.07, 6.45) is 4.79. The minimum atomic E-state index is -0.395. The van der Waals surface area contributed by atoms with Crippen LogP contribution in [0, 0.1) is 19.8 Å². The number of methoxy groups -OCH3 is 1. The zero-order valence-corrected chi connectivity index (χ0v) is 15.9. The fourth-order valence-electron chi connectivity index (χ4n) is 3.93. The van der Waals surface area contributed by atoms with E-state index in [0.29, 0.717) is 5.92 Å². The van der Waals surface area contributed by atoms with Crippen LogP contribution in [0.2, 0.25) is 0 Å². The molecule has 1 aliphatic carbocycles. The van der Waals surface area contributed by atoms with Crippen LogP contribution in [0.1, 0.15) is 53.6 Å². The van der Waals surface area contributed by atoms with Crippen molar-refractivity contribution in [1.29, 1.82) is 0 Å². The Morgan fingerprint density at radius 1 is 1.31 bits per heavy atom. The minimum absolute atomic E-state index is 0.395. The van der Waals surface area contributed by atoms with E-state index in [-0.39, 0.29) is 0 Å². The van der Waals surface area contributed by atoms with Gasteiger partial charge in [-0.2, -0.15) is 5.10 Å². The Morgan fingerprint density at radius 2 is 2.12 bits per heavy atom. The summed E-state index contributed by atoms with van der Waals surface area (Å²) in [5.74, 6) is 1.35. The van der Waals surface area contributed by atoms with Crippen LogP contribution in [0.4, 0.5) is 0 Å². The van der Waals surface area contributed by atoms with Crippen molar-refractivity contribution in [2.24, 2.45) is 5.92 Å². The molecule has 6 heteroatoms. The lowest BCUT2D eigenvalue weighted by Gasteiger charge is -2.21. The van der Waals surface area contributed by atoms with E-state index < -0.39 is 6.10 Å². The second kappa shape index (κ2) is 7.00. The van der Waals surface area contributed by atoms with Crippen LogP contribution in [-0.4, -0.2) is 38.4 Å². The monoisotopic (exact) mass is 356 g/mol. The molecule has 0 aromatic carbocycles. The average molecular weight is 356 g/mol. The largest absolute Gasteiger partial charge is 0.496 e. The maximum atomic E-state index is 10.4. The number of pyridine rings is 1. The van der Waals surface area contributed by atoms with Gasteiger partial charge in [0.1, 0.15) is 11.9 Å². The third kappa shape index (κ3) is 3.35. The van der Waals surface area contributed by atoms with Gasteiger partial charge in [-0.3, -0.25) is 14.6 Å². The third-order valence-corrected chi connectivity index (χ3v) is 5.61. The summed E-state index contributed by atoms with van der Waals surface area (Å²) in [7, 11) is 1.72. The molecule has 0 spiro atoms. The number of nitrogens with zero attached hydrogens (tertiary/aromatic N) is 4. The lowest BCUT2D eigenvalue weighted by molar-refractivity contribution is 0.148. The molecule has 2 aliphatic rings. The molecular formula is C20H28N4O2. The van der Waals surface area contributed by atoms with Crippen LogP contribution in [0.3, 0.4) is 0 Å². The molecule has 2 aromatic heterocycles. The normalized spacial score (nSPS) is 19.1. The van der Waals surface area contributed by atoms with E-state index in [0.717, 1.165) is 73.7 Å². The van der Waals surface area contributed by atoms with Crippen molar-refractivity contribution >= 4 is 0 Å². The van der Waals surface area contributed by atoms with E-state index in [1.165, 1.54) is 5.69 Å². The van der Waals surface area contributed by atoms with E-state index in [2.05, 4.69) is 32.7 Å². The number of aryl methyl sites for hydroxylation is 2. The van der Waals surface area contributed by atoms with Gasteiger partial charge in [0.15, 0.2) is 0 Å². The standard InChI is InChI=1S/C20H28N4O2/c1-13-10-21-18(14(2)20(13)26-3)12-23-7-4-8-24-16(11-23)9-17(22-24)19(25)15-5-6-15/h9-10,15,19,25H,4-8,11-12H2,1-3H3. The highest BCUT2D eigenvalue weighted by atomic mass is 16.5. The second-order valence-corrected chi connectivity index (χ2v) is 7.68. The SMILES string of the molecule is COc1c(C)cnc(CN2CCCn3nc(C(O)C4CC4)cc3C2)c1C. The van der Waals surface area contributed by atoms with E-state index in [4.69, 9.17) is 4.74 Å². The summed E-state index contributed by atoms with van der Waals surface area (Å²) in [4.78, 5) is 7.06. The number of aliphatic hydroxyl groups is 1. The average Bonchev–Trinajstić information content (AvgIpc) is 3.42. The maximum absolute atomic E-state index is 10.4. The smallest absolute Gasteiger partial charge is 0.128 e. The molecule has 0 saturated heterocycles. The van der Waals surface area contributed by atoms with E-state index >= 15 is 0 Å². The maximum Gasteiger partial charge on any atom is 0.128 e. The topological polar surface area (TPSA) is 63.4 Å². The Balaban J connectivity index is 1.52. The van der Waals surface area contributed by atoms with Gasteiger partial charge in [0.05, 0.1) is 24.2 Å². The molecular weight excluding hydrogens is 328 g/mol. The number of aliphatic hydroxyl groups excluding tert-OH is 1. The van der Waals surface area contributed by atoms with Gasteiger partial charge < -0.3 is 9.84 Å². The van der Waals surface area contributed by atoms with Crippen LogP contribution in [0.15, 0.2) is 12.3 Å². The first-order valence-electron chi connectivity index (χ1n) is 9.53. The van der Waals surface area contributed by atoms with Crippen molar-refractivity contribution in [3.8, 4) is 5.75 Å². The van der Waals surface area contributed by atoms with Gasteiger partial charge in [0, 0.05) is 43.5 Å². The van der Waals surface area contributed by atoms with Crippen molar-refractivity contribution in [2.75, 3.05) is 13.7 Å². The second-order valence-electron chi connectivity index (χ2n) is 7.68. The first-order chi connectivity index (χ1) is 12.6. The molecule has 1 unspecified atom stereocenters. The molecule has 0 bridgehead atoms. The number of ether oxygens (including phenoxy) is 1. The highest BCUT2D eigenvalue weighted by Gasteiger charge is 2.33. The Morgan fingerprint density at radius 3 is 2.85 bits per heavy atom. The van der Waals surface area contributed by atoms with Crippen molar-refractivity contribution in [2.45, 2.75) is 58.8 Å². The predicted molar refractivity (Wildman–Crippen MR) is 98.9 cm³/mol. The lowest BCUT2D eigenvalue weighted by Crippen LogP contribution is -2.24. The first kappa shape index (κ1) is 17.5. The molecule has 1 N–H and O–H groups in total. The minimum Gasteiger partial charge on any atom is -0.496 e. The molecule has 6 nitrogen and oxygen atoms in total.